The van der Waals surface area contributed by atoms with E-state index in [1.54, 1.807) is 0 Å². The highest BCUT2D eigenvalue weighted by Crippen LogP contribution is 2.14. The highest BCUT2D eigenvalue weighted by Gasteiger charge is 2.20. The van der Waals surface area contributed by atoms with Crippen molar-refractivity contribution in [1.29, 1.82) is 0 Å². The Morgan fingerprint density at radius 3 is 2.89 bits per heavy atom. The molecule has 3 nitrogen and oxygen atoms in total. The normalized spacial score (nSPS) is 23.2. The van der Waals surface area contributed by atoms with E-state index in [4.69, 9.17) is 4.74 Å². The summed E-state index contributed by atoms with van der Waals surface area (Å²) >= 11 is 0. The molecule has 3 heteroatoms. The van der Waals surface area contributed by atoms with Crippen LogP contribution in [0.3, 0.4) is 0 Å². The summed E-state index contributed by atoms with van der Waals surface area (Å²) in [6.45, 7) is 10.2. The van der Waals surface area contributed by atoms with Crippen molar-refractivity contribution in [3.63, 3.8) is 0 Å². The maximum Gasteiger partial charge on any atom is 0.0702 e. The van der Waals surface area contributed by atoms with Crippen LogP contribution in [-0.2, 0) is 4.74 Å². The van der Waals surface area contributed by atoms with Gasteiger partial charge in [-0.05, 0) is 32.4 Å². The molecule has 1 aliphatic heterocycles. The van der Waals surface area contributed by atoms with Gasteiger partial charge in [-0.2, -0.15) is 0 Å². The van der Waals surface area contributed by atoms with Gasteiger partial charge in [-0.15, -0.1) is 0 Å². The summed E-state index contributed by atoms with van der Waals surface area (Å²) < 4.78 is 5.87. The number of hydrogen-bond donors (Lipinski definition) is 1. The minimum atomic E-state index is 0.484. The molecule has 0 bridgehead atoms. The maximum absolute atomic E-state index is 5.87. The molecule has 18 heavy (non-hydrogen) atoms. The van der Waals surface area contributed by atoms with Gasteiger partial charge in [-0.3, -0.25) is 4.90 Å². The number of unbranched alkanes of at least 4 members (excludes halogenated alkanes) is 2. The third-order valence-corrected chi connectivity index (χ3v) is 3.94. The van der Waals surface area contributed by atoms with E-state index in [2.05, 4.69) is 24.1 Å². The lowest BCUT2D eigenvalue weighted by molar-refractivity contribution is -0.0367. The van der Waals surface area contributed by atoms with Gasteiger partial charge in [0, 0.05) is 19.6 Å². The number of rotatable bonds is 9. The van der Waals surface area contributed by atoms with E-state index in [1.807, 2.05) is 7.05 Å². The number of hydrogen-bond acceptors (Lipinski definition) is 3. The van der Waals surface area contributed by atoms with E-state index < -0.39 is 0 Å². The molecule has 0 radical (unpaired) electrons. The number of nitrogens with one attached hydrogen (secondary N) is 1. The van der Waals surface area contributed by atoms with Gasteiger partial charge < -0.3 is 10.1 Å². The lowest BCUT2D eigenvalue weighted by Gasteiger charge is -2.34. The van der Waals surface area contributed by atoms with E-state index in [9.17, 15) is 0 Å². The van der Waals surface area contributed by atoms with Crippen LogP contribution in [0.25, 0.3) is 0 Å². The van der Waals surface area contributed by atoms with E-state index in [1.165, 1.54) is 38.6 Å². The van der Waals surface area contributed by atoms with Crippen LogP contribution < -0.4 is 5.32 Å². The van der Waals surface area contributed by atoms with Gasteiger partial charge in [-0.25, -0.2) is 0 Å². The quantitative estimate of drug-likeness (QED) is 0.642. The van der Waals surface area contributed by atoms with Crippen molar-refractivity contribution >= 4 is 0 Å². The topological polar surface area (TPSA) is 24.5 Å². The molecule has 0 saturated carbocycles. The zero-order valence-electron chi connectivity index (χ0n) is 12.6. The zero-order valence-corrected chi connectivity index (χ0v) is 12.6. The van der Waals surface area contributed by atoms with E-state index in [0.29, 0.717) is 6.10 Å². The number of morpholine rings is 1. The third kappa shape index (κ3) is 6.72. The fraction of sp³-hybridized carbons (Fsp3) is 1.00. The van der Waals surface area contributed by atoms with Crippen molar-refractivity contribution in [1.82, 2.24) is 10.2 Å². The predicted octanol–water partition coefficient (Wildman–Crippen LogP) is 2.51. The van der Waals surface area contributed by atoms with Crippen molar-refractivity contribution in [2.75, 3.05) is 39.8 Å². The third-order valence-electron chi connectivity index (χ3n) is 3.94. The van der Waals surface area contributed by atoms with Gasteiger partial charge in [0.15, 0.2) is 0 Å². The van der Waals surface area contributed by atoms with Gasteiger partial charge in [0.25, 0.3) is 0 Å². The van der Waals surface area contributed by atoms with Crippen LogP contribution in [0.5, 0.6) is 0 Å². The Morgan fingerprint density at radius 2 is 2.17 bits per heavy atom. The summed E-state index contributed by atoms with van der Waals surface area (Å²) in [4.78, 5) is 2.59. The second kappa shape index (κ2) is 9.76. The monoisotopic (exact) mass is 256 g/mol. The first kappa shape index (κ1) is 15.9. The highest BCUT2D eigenvalue weighted by molar-refractivity contribution is 4.73. The average Bonchev–Trinajstić information content (AvgIpc) is 2.39. The molecule has 108 valence electrons. The molecule has 1 fully saturated rings. The number of ether oxygens (including phenoxy) is 1. The van der Waals surface area contributed by atoms with Crippen LogP contribution in [0.4, 0.5) is 0 Å². The van der Waals surface area contributed by atoms with Crippen molar-refractivity contribution in [3.05, 3.63) is 0 Å². The molecule has 0 spiro atoms. The predicted molar refractivity (Wildman–Crippen MR) is 78.0 cm³/mol. The maximum atomic E-state index is 5.87. The lowest BCUT2D eigenvalue weighted by atomic mass is 10.1. The zero-order chi connectivity index (χ0) is 13.2. The summed E-state index contributed by atoms with van der Waals surface area (Å²) in [5, 5.41) is 3.20. The Hall–Kier alpha value is -0.120. The SMILES string of the molecule is CCC(C)CN1CCO[C@H](CCCCCNC)C1. The first-order valence-corrected chi connectivity index (χ1v) is 7.74. The molecule has 0 aliphatic carbocycles. The van der Waals surface area contributed by atoms with Crippen LogP contribution in [0.1, 0.15) is 46.0 Å². The van der Waals surface area contributed by atoms with Crippen LogP contribution in [0.2, 0.25) is 0 Å². The first-order valence-electron chi connectivity index (χ1n) is 7.74. The summed E-state index contributed by atoms with van der Waals surface area (Å²) in [6, 6.07) is 0. The molecule has 1 unspecified atom stereocenters. The smallest absolute Gasteiger partial charge is 0.0702 e. The van der Waals surface area contributed by atoms with Gasteiger partial charge in [-0.1, -0.05) is 33.1 Å². The molecule has 1 heterocycles. The molecule has 0 aromatic rings. The van der Waals surface area contributed by atoms with Crippen molar-refractivity contribution in [2.24, 2.45) is 5.92 Å². The van der Waals surface area contributed by atoms with Gasteiger partial charge >= 0.3 is 0 Å². The summed E-state index contributed by atoms with van der Waals surface area (Å²) in [6.07, 6.45) is 6.93. The van der Waals surface area contributed by atoms with E-state index >= 15 is 0 Å². The molecule has 0 aromatic heterocycles. The Balaban J connectivity index is 2.10. The summed E-state index contributed by atoms with van der Waals surface area (Å²) in [5.74, 6) is 0.819. The van der Waals surface area contributed by atoms with Crippen LogP contribution in [-0.4, -0.2) is 50.8 Å². The molecular formula is C15H32N2O. The molecule has 0 aromatic carbocycles. The first-order chi connectivity index (χ1) is 8.76. The van der Waals surface area contributed by atoms with Crippen LogP contribution in [0, 0.1) is 5.92 Å². The fourth-order valence-electron chi connectivity index (χ4n) is 2.54. The van der Waals surface area contributed by atoms with E-state index in [0.717, 1.165) is 32.2 Å². The average molecular weight is 256 g/mol. The minimum Gasteiger partial charge on any atom is -0.376 e. The van der Waals surface area contributed by atoms with E-state index in [-0.39, 0.29) is 0 Å². The number of nitrogens with zero attached hydrogens (tertiary/aromatic N) is 1. The molecule has 1 rings (SSSR count). The lowest BCUT2D eigenvalue weighted by Crippen LogP contribution is -2.44. The summed E-state index contributed by atoms with van der Waals surface area (Å²) in [7, 11) is 2.02. The van der Waals surface area contributed by atoms with Crippen LogP contribution >= 0.6 is 0 Å². The summed E-state index contributed by atoms with van der Waals surface area (Å²) in [5.41, 5.74) is 0. The Kier molecular flexibility index (Phi) is 8.64. The standard InChI is InChI=1S/C15H32N2O/c1-4-14(2)12-17-10-11-18-15(13-17)8-6-5-7-9-16-3/h14-16H,4-13H2,1-3H3/t14?,15-/m1/s1. The minimum absolute atomic E-state index is 0.484. The molecule has 2 atom stereocenters. The largest absolute Gasteiger partial charge is 0.376 e. The Bertz CT molecular complexity index is 199. The molecular weight excluding hydrogens is 224 g/mol. The second-order valence-corrected chi connectivity index (χ2v) is 5.72. The van der Waals surface area contributed by atoms with Crippen molar-refractivity contribution in [2.45, 2.75) is 52.1 Å². The Labute approximate surface area is 113 Å². The van der Waals surface area contributed by atoms with Gasteiger partial charge in [0.05, 0.1) is 12.7 Å². The molecule has 0 amide bonds. The molecule has 1 saturated heterocycles. The molecule has 1 aliphatic rings. The highest BCUT2D eigenvalue weighted by atomic mass is 16.5. The van der Waals surface area contributed by atoms with Crippen LogP contribution in [0.15, 0.2) is 0 Å². The Morgan fingerprint density at radius 1 is 1.33 bits per heavy atom. The fourth-order valence-corrected chi connectivity index (χ4v) is 2.54. The van der Waals surface area contributed by atoms with Crippen molar-refractivity contribution in [3.8, 4) is 0 Å². The van der Waals surface area contributed by atoms with Gasteiger partial charge in [0.1, 0.15) is 0 Å². The van der Waals surface area contributed by atoms with Crippen molar-refractivity contribution < 1.29 is 4.74 Å². The molecule has 1 N–H and O–H groups in total. The van der Waals surface area contributed by atoms with Gasteiger partial charge in [0.2, 0.25) is 0 Å². The second-order valence-electron chi connectivity index (χ2n) is 5.72.